The van der Waals surface area contributed by atoms with Gasteiger partial charge in [0.05, 0.1) is 0 Å². The van der Waals surface area contributed by atoms with Crippen LogP contribution in [0.3, 0.4) is 0 Å². The zero-order valence-corrected chi connectivity index (χ0v) is 9.17. The fourth-order valence-corrected chi connectivity index (χ4v) is 2.07. The molecular formula is C13H20. The van der Waals surface area contributed by atoms with E-state index in [1.54, 1.807) is 0 Å². The van der Waals surface area contributed by atoms with E-state index < -0.39 is 0 Å². The monoisotopic (exact) mass is 176 g/mol. The van der Waals surface area contributed by atoms with Crippen molar-refractivity contribution in [3.8, 4) is 0 Å². The normalized spacial score (nSPS) is 22.8. The number of hydrogen-bond acceptors (Lipinski definition) is 0. The van der Waals surface area contributed by atoms with Crippen LogP contribution >= 0.6 is 0 Å². The van der Waals surface area contributed by atoms with Gasteiger partial charge in [-0.3, -0.25) is 0 Å². The Kier molecular flexibility index (Phi) is 3.13. The second kappa shape index (κ2) is 3.95. The minimum atomic E-state index is 0.560. The third-order valence-electron chi connectivity index (χ3n) is 2.69. The minimum absolute atomic E-state index is 0.560. The van der Waals surface area contributed by atoms with Crippen LogP contribution in [0.15, 0.2) is 36.0 Å². The van der Waals surface area contributed by atoms with Gasteiger partial charge in [-0.25, -0.2) is 0 Å². The molecule has 0 nitrogen and oxygen atoms in total. The van der Waals surface area contributed by atoms with Crippen molar-refractivity contribution in [2.24, 2.45) is 17.8 Å². The summed E-state index contributed by atoms with van der Waals surface area (Å²) in [5.41, 5.74) is 2.80. The van der Waals surface area contributed by atoms with Gasteiger partial charge in [-0.1, -0.05) is 58.1 Å². The highest BCUT2D eigenvalue weighted by molar-refractivity contribution is 5.37. The van der Waals surface area contributed by atoms with Gasteiger partial charge in [-0.05, 0) is 17.4 Å². The lowest BCUT2D eigenvalue weighted by molar-refractivity contribution is 0.469. The number of hydrogen-bond donors (Lipinski definition) is 0. The molecule has 0 saturated carbocycles. The molecular weight excluding hydrogens is 156 g/mol. The maximum Gasteiger partial charge on any atom is 0.00710 e. The molecule has 1 rings (SSSR count). The summed E-state index contributed by atoms with van der Waals surface area (Å²) in [5.74, 6) is 1.85. The first-order valence-electron chi connectivity index (χ1n) is 5.11. The summed E-state index contributed by atoms with van der Waals surface area (Å²) < 4.78 is 0. The molecule has 1 unspecified atom stereocenters. The Hall–Kier alpha value is -0.780. The maximum atomic E-state index is 4.12. The summed E-state index contributed by atoms with van der Waals surface area (Å²) in [5, 5.41) is 0. The van der Waals surface area contributed by atoms with Crippen LogP contribution < -0.4 is 0 Å². The van der Waals surface area contributed by atoms with Gasteiger partial charge >= 0.3 is 0 Å². The van der Waals surface area contributed by atoms with E-state index in [9.17, 15) is 0 Å². The quantitative estimate of drug-likeness (QED) is 0.597. The van der Waals surface area contributed by atoms with Crippen LogP contribution in [-0.4, -0.2) is 0 Å². The molecule has 0 radical (unpaired) electrons. The SMILES string of the molecule is C=C1C=CC=C(C(C)C)C1C(C)C. The largest absolute Gasteiger partial charge is 0.0952 e. The molecule has 0 amide bonds. The van der Waals surface area contributed by atoms with Gasteiger partial charge in [0.15, 0.2) is 0 Å². The van der Waals surface area contributed by atoms with E-state index in [2.05, 4.69) is 52.5 Å². The molecule has 0 N–H and O–H groups in total. The average Bonchev–Trinajstić information content (AvgIpc) is 2.02. The van der Waals surface area contributed by atoms with Crippen molar-refractivity contribution < 1.29 is 0 Å². The van der Waals surface area contributed by atoms with Crippen LogP contribution in [-0.2, 0) is 0 Å². The van der Waals surface area contributed by atoms with E-state index in [1.807, 2.05) is 0 Å². The zero-order valence-electron chi connectivity index (χ0n) is 9.17. The Balaban J connectivity index is 2.96. The van der Waals surface area contributed by atoms with E-state index in [0.29, 0.717) is 17.8 Å². The van der Waals surface area contributed by atoms with Gasteiger partial charge < -0.3 is 0 Å². The second-order valence-corrected chi connectivity index (χ2v) is 4.48. The van der Waals surface area contributed by atoms with Crippen molar-refractivity contribution in [1.29, 1.82) is 0 Å². The molecule has 0 aromatic rings. The van der Waals surface area contributed by atoms with Crippen molar-refractivity contribution in [3.05, 3.63) is 36.0 Å². The molecule has 72 valence electrons. The van der Waals surface area contributed by atoms with Crippen molar-refractivity contribution in [3.63, 3.8) is 0 Å². The Bertz CT molecular complexity index is 251. The summed E-state index contributed by atoms with van der Waals surface area (Å²) in [6.45, 7) is 13.2. The van der Waals surface area contributed by atoms with Crippen molar-refractivity contribution in [2.45, 2.75) is 27.7 Å². The highest BCUT2D eigenvalue weighted by Crippen LogP contribution is 2.34. The number of allylic oxidation sites excluding steroid dienone is 5. The van der Waals surface area contributed by atoms with Crippen LogP contribution in [0.2, 0.25) is 0 Å². The van der Waals surface area contributed by atoms with Gasteiger partial charge in [-0.15, -0.1) is 0 Å². The molecule has 0 saturated heterocycles. The predicted octanol–water partition coefficient (Wildman–Crippen LogP) is 3.97. The van der Waals surface area contributed by atoms with Crippen LogP contribution in [0, 0.1) is 17.8 Å². The van der Waals surface area contributed by atoms with Crippen molar-refractivity contribution in [2.75, 3.05) is 0 Å². The molecule has 0 bridgehead atoms. The van der Waals surface area contributed by atoms with E-state index >= 15 is 0 Å². The highest BCUT2D eigenvalue weighted by Gasteiger charge is 2.23. The standard InChI is InChI=1S/C13H20/c1-9(2)12-8-6-7-11(5)13(12)10(3)4/h6-10,13H,5H2,1-4H3. The molecule has 0 heteroatoms. The second-order valence-electron chi connectivity index (χ2n) is 4.48. The minimum Gasteiger partial charge on any atom is -0.0952 e. The molecule has 1 aliphatic rings. The van der Waals surface area contributed by atoms with Crippen molar-refractivity contribution >= 4 is 0 Å². The summed E-state index contributed by atoms with van der Waals surface area (Å²) in [6, 6.07) is 0. The summed E-state index contributed by atoms with van der Waals surface area (Å²) in [4.78, 5) is 0. The highest BCUT2D eigenvalue weighted by atomic mass is 14.3. The Labute approximate surface area is 82.0 Å². The third-order valence-corrected chi connectivity index (χ3v) is 2.69. The molecule has 0 spiro atoms. The molecule has 13 heavy (non-hydrogen) atoms. The lowest BCUT2D eigenvalue weighted by atomic mass is 9.76. The van der Waals surface area contributed by atoms with Crippen LogP contribution in [0.25, 0.3) is 0 Å². The van der Waals surface area contributed by atoms with Crippen LogP contribution in [0.5, 0.6) is 0 Å². The lowest BCUT2D eigenvalue weighted by Gasteiger charge is -2.29. The van der Waals surface area contributed by atoms with Gasteiger partial charge in [-0.2, -0.15) is 0 Å². The average molecular weight is 176 g/mol. The molecule has 1 aliphatic carbocycles. The Morgan fingerprint density at radius 3 is 2.23 bits per heavy atom. The lowest BCUT2D eigenvalue weighted by Crippen LogP contribution is -2.18. The summed E-state index contributed by atoms with van der Waals surface area (Å²) >= 11 is 0. The smallest absolute Gasteiger partial charge is 0.00710 e. The van der Waals surface area contributed by atoms with Gasteiger partial charge in [0, 0.05) is 5.92 Å². The van der Waals surface area contributed by atoms with Crippen molar-refractivity contribution in [1.82, 2.24) is 0 Å². The van der Waals surface area contributed by atoms with Gasteiger partial charge in [0.2, 0.25) is 0 Å². The topological polar surface area (TPSA) is 0 Å². The predicted molar refractivity (Wildman–Crippen MR) is 59.5 cm³/mol. The summed E-state index contributed by atoms with van der Waals surface area (Å²) in [7, 11) is 0. The van der Waals surface area contributed by atoms with Gasteiger partial charge in [0.1, 0.15) is 0 Å². The maximum absolute atomic E-state index is 4.12. The van der Waals surface area contributed by atoms with Crippen LogP contribution in [0.1, 0.15) is 27.7 Å². The van der Waals surface area contributed by atoms with E-state index in [4.69, 9.17) is 0 Å². The van der Waals surface area contributed by atoms with E-state index in [1.165, 1.54) is 11.1 Å². The molecule has 0 aromatic heterocycles. The van der Waals surface area contributed by atoms with E-state index in [-0.39, 0.29) is 0 Å². The Morgan fingerprint density at radius 1 is 1.23 bits per heavy atom. The van der Waals surface area contributed by atoms with E-state index in [0.717, 1.165) is 0 Å². The fourth-order valence-electron chi connectivity index (χ4n) is 2.07. The first-order chi connectivity index (χ1) is 6.04. The third kappa shape index (κ3) is 2.12. The molecule has 0 aliphatic heterocycles. The molecule has 0 aromatic carbocycles. The molecule has 0 fully saturated rings. The number of rotatable bonds is 2. The zero-order chi connectivity index (χ0) is 10.0. The fraction of sp³-hybridized carbons (Fsp3) is 0.538. The first-order valence-corrected chi connectivity index (χ1v) is 5.11. The summed E-state index contributed by atoms with van der Waals surface area (Å²) in [6.07, 6.45) is 6.51. The van der Waals surface area contributed by atoms with Gasteiger partial charge in [0.25, 0.3) is 0 Å². The molecule has 0 heterocycles. The molecule has 1 atom stereocenters. The Morgan fingerprint density at radius 2 is 1.85 bits per heavy atom. The van der Waals surface area contributed by atoms with Crippen LogP contribution in [0.4, 0.5) is 0 Å². The first kappa shape index (κ1) is 10.3.